The van der Waals surface area contributed by atoms with Gasteiger partial charge in [-0.15, -0.1) is 10.2 Å². The van der Waals surface area contributed by atoms with Crippen molar-refractivity contribution in [3.63, 3.8) is 0 Å². The maximum atomic E-state index is 14.2. The van der Waals surface area contributed by atoms with Crippen molar-refractivity contribution in [3.8, 4) is 5.69 Å². The van der Waals surface area contributed by atoms with Crippen LogP contribution in [0.4, 0.5) is 8.78 Å². The lowest BCUT2D eigenvalue weighted by Crippen LogP contribution is -2.10. The summed E-state index contributed by atoms with van der Waals surface area (Å²) in [6.07, 6.45) is 1.62. The van der Waals surface area contributed by atoms with Crippen LogP contribution in [0.5, 0.6) is 0 Å². The molecule has 1 aromatic heterocycles. The van der Waals surface area contributed by atoms with Crippen LogP contribution < -0.4 is 0 Å². The Morgan fingerprint density at radius 1 is 0.957 bits per heavy atom. The highest BCUT2D eigenvalue weighted by Crippen LogP contribution is 2.33. The normalized spacial score (nSPS) is 15.9. The zero-order chi connectivity index (χ0) is 16.0. The third-order valence-corrected chi connectivity index (χ3v) is 3.91. The Morgan fingerprint density at radius 2 is 1.70 bits per heavy atom. The van der Waals surface area contributed by atoms with E-state index in [-0.39, 0.29) is 5.56 Å². The van der Waals surface area contributed by atoms with E-state index in [1.54, 1.807) is 17.7 Å². The van der Waals surface area contributed by atoms with E-state index in [4.69, 9.17) is 0 Å². The van der Waals surface area contributed by atoms with Gasteiger partial charge in [-0.3, -0.25) is 9.56 Å². The standard InChI is InChI=1S/C17H12F2N4/c1-10-21-22-17-16(15-12(18)6-4-7-13(15)19)20-9-11-5-2-3-8-14(11)23(10)17/h2-9,16H,1H3. The summed E-state index contributed by atoms with van der Waals surface area (Å²) in [6.45, 7) is 1.80. The van der Waals surface area contributed by atoms with Crippen molar-refractivity contribution in [1.82, 2.24) is 14.8 Å². The highest BCUT2D eigenvalue weighted by molar-refractivity contribution is 5.86. The lowest BCUT2D eigenvalue weighted by Gasteiger charge is -2.14. The van der Waals surface area contributed by atoms with Crippen LogP contribution in [0.1, 0.15) is 28.8 Å². The van der Waals surface area contributed by atoms with Crippen molar-refractivity contribution in [2.24, 2.45) is 4.99 Å². The van der Waals surface area contributed by atoms with Crippen LogP contribution in [0, 0.1) is 18.6 Å². The summed E-state index contributed by atoms with van der Waals surface area (Å²) in [7, 11) is 0. The van der Waals surface area contributed by atoms with Crippen LogP contribution in [0.15, 0.2) is 47.5 Å². The highest BCUT2D eigenvalue weighted by Gasteiger charge is 2.29. The fourth-order valence-corrected chi connectivity index (χ4v) is 2.85. The molecular weight excluding hydrogens is 298 g/mol. The molecule has 23 heavy (non-hydrogen) atoms. The van der Waals surface area contributed by atoms with E-state index < -0.39 is 17.7 Å². The fourth-order valence-electron chi connectivity index (χ4n) is 2.85. The number of aryl methyl sites for hydroxylation is 1. The number of benzene rings is 2. The number of para-hydroxylation sites is 1. The average Bonchev–Trinajstić information content (AvgIpc) is 2.83. The predicted molar refractivity (Wildman–Crippen MR) is 81.9 cm³/mol. The minimum atomic E-state index is -0.884. The van der Waals surface area contributed by atoms with Gasteiger partial charge in [-0.2, -0.15) is 0 Å². The van der Waals surface area contributed by atoms with Gasteiger partial charge >= 0.3 is 0 Å². The third-order valence-electron chi connectivity index (χ3n) is 3.91. The zero-order valence-corrected chi connectivity index (χ0v) is 12.2. The first kappa shape index (κ1) is 13.8. The van der Waals surface area contributed by atoms with Gasteiger partial charge in [0.1, 0.15) is 23.5 Å². The number of halogens is 2. The lowest BCUT2D eigenvalue weighted by molar-refractivity contribution is 0.537. The van der Waals surface area contributed by atoms with Crippen LogP contribution >= 0.6 is 0 Å². The summed E-state index contributed by atoms with van der Waals surface area (Å²) in [5.41, 5.74) is 1.56. The summed E-state index contributed by atoms with van der Waals surface area (Å²) in [5.74, 6) is -0.261. The van der Waals surface area contributed by atoms with E-state index in [2.05, 4.69) is 15.2 Å². The molecule has 0 radical (unpaired) electrons. The van der Waals surface area contributed by atoms with Crippen molar-refractivity contribution in [3.05, 3.63) is 76.9 Å². The van der Waals surface area contributed by atoms with Crippen LogP contribution in [-0.2, 0) is 0 Å². The molecule has 1 aliphatic heterocycles. The third kappa shape index (κ3) is 2.06. The average molecular weight is 310 g/mol. The molecule has 114 valence electrons. The van der Waals surface area contributed by atoms with Gasteiger partial charge < -0.3 is 0 Å². The largest absolute Gasteiger partial charge is 0.280 e. The first-order chi connectivity index (χ1) is 11.2. The minimum absolute atomic E-state index is 0.120. The summed E-state index contributed by atoms with van der Waals surface area (Å²) in [6, 6.07) is 10.5. The van der Waals surface area contributed by atoms with Crippen LogP contribution in [0.3, 0.4) is 0 Å². The van der Waals surface area contributed by atoms with Crippen LogP contribution in [-0.4, -0.2) is 21.0 Å². The van der Waals surface area contributed by atoms with Crippen molar-refractivity contribution in [2.75, 3.05) is 0 Å². The lowest BCUT2D eigenvalue weighted by atomic mass is 10.1. The molecule has 0 fully saturated rings. The van der Waals surface area contributed by atoms with E-state index in [1.165, 1.54) is 18.2 Å². The molecule has 0 saturated carbocycles. The summed E-state index contributed by atoms with van der Waals surface area (Å²) in [4.78, 5) is 4.38. The number of fused-ring (bicyclic) bond motifs is 3. The van der Waals surface area contributed by atoms with Gasteiger partial charge in [-0.1, -0.05) is 24.3 Å². The molecule has 1 atom stereocenters. The second-order valence-corrected chi connectivity index (χ2v) is 5.32. The summed E-state index contributed by atoms with van der Waals surface area (Å²) in [5, 5.41) is 8.19. The topological polar surface area (TPSA) is 43.1 Å². The molecule has 0 aliphatic carbocycles. The Labute approximate surface area is 131 Å². The SMILES string of the molecule is Cc1nnc2n1-c1ccccc1C=NC2c1c(F)cccc1F. The molecule has 0 N–H and O–H groups in total. The number of aromatic nitrogens is 3. The predicted octanol–water partition coefficient (Wildman–Crippen LogP) is 3.38. The van der Waals surface area contributed by atoms with Gasteiger partial charge in [0.15, 0.2) is 5.82 Å². The van der Waals surface area contributed by atoms with E-state index in [0.29, 0.717) is 11.6 Å². The minimum Gasteiger partial charge on any atom is -0.280 e. The van der Waals surface area contributed by atoms with E-state index in [1.807, 2.05) is 24.3 Å². The Bertz CT molecular complexity index is 910. The number of hydrogen-bond donors (Lipinski definition) is 0. The first-order valence-corrected chi connectivity index (χ1v) is 7.15. The van der Waals surface area contributed by atoms with Crippen molar-refractivity contribution >= 4 is 6.21 Å². The Hall–Kier alpha value is -2.89. The second-order valence-electron chi connectivity index (χ2n) is 5.32. The molecule has 0 bridgehead atoms. The maximum Gasteiger partial charge on any atom is 0.167 e. The van der Waals surface area contributed by atoms with Crippen molar-refractivity contribution in [2.45, 2.75) is 13.0 Å². The molecule has 0 amide bonds. The summed E-state index contributed by atoms with van der Waals surface area (Å²) >= 11 is 0. The van der Waals surface area contributed by atoms with E-state index in [0.717, 1.165) is 11.3 Å². The monoisotopic (exact) mass is 310 g/mol. The first-order valence-electron chi connectivity index (χ1n) is 7.15. The highest BCUT2D eigenvalue weighted by atomic mass is 19.1. The smallest absolute Gasteiger partial charge is 0.167 e. The Kier molecular flexibility index (Phi) is 3.04. The summed E-state index contributed by atoms with van der Waals surface area (Å²) < 4.78 is 30.2. The van der Waals surface area contributed by atoms with Crippen molar-refractivity contribution in [1.29, 1.82) is 0 Å². The van der Waals surface area contributed by atoms with Gasteiger partial charge in [-0.05, 0) is 25.1 Å². The molecule has 4 rings (SSSR count). The second kappa shape index (κ2) is 5.08. The van der Waals surface area contributed by atoms with Gasteiger partial charge in [0, 0.05) is 11.8 Å². The molecular formula is C17H12F2N4. The van der Waals surface area contributed by atoms with Crippen LogP contribution in [0.2, 0.25) is 0 Å². The molecule has 0 spiro atoms. The molecule has 2 aromatic carbocycles. The molecule has 0 saturated heterocycles. The number of hydrogen-bond acceptors (Lipinski definition) is 3. The Balaban J connectivity index is 2.02. The van der Waals surface area contributed by atoms with E-state index in [9.17, 15) is 8.78 Å². The Morgan fingerprint density at radius 3 is 2.48 bits per heavy atom. The molecule has 1 unspecified atom stereocenters. The number of nitrogens with zero attached hydrogens (tertiary/aromatic N) is 4. The molecule has 3 aromatic rings. The number of rotatable bonds is 1. The molecule has 1 aliphatic rings. The zero-order valence-electron chi connectivity index (χ0n) is 12.2. The molecule has 2 heterocycles. The maximum absolute atomic E-state index is 14.2. The van der Waals surface area contributed by atoms with Gasteiger partial charge in [0.25, 0.3) is 0 Å². The van der Waals surface area contributed by atoms with E-state index >= 15 is 0 Å². The van der Waals surface area contributed by atoms with Crippen molar-refractivity contribution < 1.29 is 8.78 Å². The molecule has 4 nitrogen and oxygen atoms in total. The quantitative estimate of drug-likeness (QED) is 0.691. The fraction of sp³-hybridized carbons (Fsp3) is 0.118. The van der Waals surface area contributed by atoms with Gasteiger partial charge in [-0.25, -0.2) is 8.78 Å². The van der Waals surface area contributed by atoms with Crippen LogP contribution in [0.25, 0.3) is 5.69 Å². The molecule has 6 heteroatoms. The number of aliphatic imine (C=N–C) groups is 1. The van der Waals surface area contributed by atoms with Gasteiger partial charge in [0.2, 0.25) is 0 Å². The van der Waals surface area contributed by atoms with Gasteiger partial charge in [0.05, 0.1) is 11.3 Å².